The monoisotopic (exact) mass is 392 g/mol. The van der Waals surface area contributed by atoms with Gasteiger partial charge in [0.15, 0.2) is 0 Å². The van der Waals surface area contributed by atoms with Crippen molar-refractivity contribution in [3.63, 3.8) is 0 Å². The summed E-state index contributed by atoms with van der Waals surface area (Å²) in [6.45, 7) is 6.75. The number of hydrogen-bond donors (Lipinski definition) is 1. The molecule has 0 unspecified atom stereocenters. The quantitative estimate of drug-likeness (QED) is 0.561. The minimum absolute atomic E-state index is 0.216. The van der Waals surface area contributed by atoms with Crippen molar-refractivity contribution in [2.45, 2.75) is 88.1 Å². The van der Waals surface area contributed by atoms with Gasteiger partial charge in [-0.3, -0.25) is 4.79 Å². The second-order valence-corrected chi connectivity index (χ2v) is 10.1. The molecule has 29 heavy (non-hydrogen) atoms. The first-order chi connectivity index (χ1) is 14.1. The normalized spacial score (nSPS) is 29.9. The summed E-state index contributed by atoms with van der Waals surface area (Å²) in [5, 5.41) is 3.37. The Balaban J connectivity index is 1.30. The molecule has 1 amide bonds. The molecule has 1 spiro atoms. The van der Waals surface area contributed by atoms with Gasteiger partial charge in [-0.2, -0.15) is 0 Å². The minimum atomic E-state index is 0.216. The van der Waals surface area contributed by atoms with Gasteiger partial charge < -0.3 is 10.2 Å². The Labute approximate surface area is 175 Å². The van der Waals surface area contributed by atoms with Crippen molar-refractivity contribution in [3.8, 4) is 0 Å². The molecule has 3 fully saturated rings. The molecule has 1 heterocycles. The van der Waals surface area contributed by atoms with Gasteiger partial charge in [0.2, 0.25) is 5.91 Å². The van der Waals surface area contributed by atoms with E-state index in [2.05, 4.69) is 41.1 Å². The van der Waals surface area contributed by atoms with Crippen molar-refractivity contribution < 1.29 is 4.79 Å². The molecule has 156 valence electrons. The molecule has 1 aromatic carbocycles. The highest BCUT2D eigenvalue weighted by Crippen LogP contribution is 2.48. The van der Waals surface area contributed by atoms with Crippen molar-refractivity contribution in [3.05, 3.63) is 47.5 Å². The molecule has 5 rings (SSSR count). The summed E-state index contributed by atoms with van der Waals surface area (Å²) >= 11 is 0. The van der Waals surface area contributed by atoms with Crippen LogP contribution in [-0.2, 0) is 10.2 Å². The van der Waals surface area contributed by atoms with Crippen molar-refractivity contribution in [1.82, 2.24) is 10.2 Å². The summed E-state index contributed by atoms with van der Waals surface area (Å²) in [7, 11) is 0. The van der Waals surface area contributed by atoms with Gasteiger partial charge in [0.05, 0.1) is 6.04 Å². The van der Waals surface area contributed by atoms with Gasteiger partial charge in [0.25, 0.3) is 0 Å². The van der Waals surface area contributed by atoms with Crippen molar-refractivity contribution in [1.29, 1.82) is 0 Å². The lowest BCUT2D eigenvalue weighted by Crippen LogP contribution is -2.49. The number of likely N-dealkylation sites (tertiary alicyclic amines) is 1. The summed E-state index contributed by atoms with van der Waals surface area (Å²) in [5.74, 6) is 0.569. The van der Waals surface area contributed by atoms with Crippen molar-refractivity contribution in [2.24, 2.45) is 5.92 Å². The van der Waals surface area contributed by atoms with E-state index < -0.39 is 0 Å². The first-order valence-electron chi connectivity index (χ1n) is 12.0. The Morgan fingerprint density at radius 2 is 1.83 bits per heavy atom. The fourth-order valence-electron chi connectivity index (χ4n) is 6.22. The molecule has 1 aliphatic heterocycles. The lowest BCUT2D eigenvalue weighted by molar-refractivity contribution is -0.123. The highest BCUT2D eigenvalue weighted by Gasteiger charge is 2.43. The molecule has 0 bridgehead atoms. The molecule has 1 saturated heterocycles. The highest BCUT2D eigenvalue weighted by molar-refractivity contribution is 5.81. The summed E-state index contributed by atoms with van der Waals surface area (Å²) in [5.41, 5.74) is 4.70. The first-order valence-corrected chi connectivity index (χ1v) is 12.0. The van der Waals surface area contributed by atoms with E-state index in [-0.39, 0.29) is 17.9 Å². The van der Waals surface area contributed by atoms with E-state index >= 15 is 0 Å². The molecular formula is C26H36N2O. The number of hydrogen-bond acceptors (Lipinski definition) is 2. The third kappa shape index (κ3) is 3.91. The highest BCUT2D eigenvalue weighted by atomic mass is 16.2. The van der Waals surface area contributed by atoms with Crippen LogP contribution in [-0.4, -0.2) is 29.9 Å². The smallest absolute Gasteiger partial charge is 0.223 e. The number of nitrogens with one attached hydrogen (secondary N) is 1. The van der Waals surface area contributed by atoms with Crippen LogP contribution < -0.4 is 5.32 Å². The molecule has 0 radical (unpaired) electrons. The maximum Gasteiger partial charge on any atom is 0.223 e. The molecule has 3 heteroatoms. The Bertz CT molecular complexity index is 773. The minimum Gasteiger partial charge on any atom is -0.349 e. The predicted molar refractivity (Wildman–Crippen MR) is 118 cm³/mol. The number of piperidine rings is 1. The van der Waals surface area contributed by atoms with Gasteiger partial charge in [0, 0.05) is 12.0 Å². The van der Waals surface area contributed by atoms with Crippen LogP contribution in [0.3, 0.4) is 0 Å². The zero-order valence-electron chi connectivity index (χ0n) is 17.8. The molecule has 0 aromatic heterocycles. The molecule has 3 aliphatic carbocycles. The van der Waals surface area contributed by atoms with Gasteiger partial charge in [0.1, 0.15) is 0 Å². The standard InChI is InChI=1S/C26H36N2O/c1-19-6-2-3-7-21(18-19)28-16-14-26(15-17-28)13-12-24(27-25(29)20-10-11-20)22-8-4-5-9-23(22)26/h4-5,8-9,20-21,24H,1-3,6-7,10-18H2,(H,27,29)/t21-,24+/m1/s1. The van der Waals surface area contributed by atoms with Gasteiger partial charge in [-0.1, -0.05) is 42.8 Å². The van der Waals surface area contributed by atoms with E-state index in [0.29, 0.717) is 11.5 Å². The Morgan fingerprint density at radius 3 is 2.62 bits per heavy atom. The third-order valence-electron chi connectivity index (χ3n) is 8.20. The van der Waals surface area contributed by atoms with Gasteiger partial charge in [-0.15, -0.1) is 0 Å². The Morgan fingerprint density at radius 1 is 1.03 bits per heavy atom. The zero-order chi connectivity index (χ0) is 19.8. The molecule has 3 nitrogen and oxygen atoms in total. The summed E-state index contributed by atoms with van der Waals surface area (Å²) in [6, 6.07) is 9.91. The van der Waals surface area contributed by atoms with E-state index in [1.54, 1.807) is 0 Å². The zero-order valence-corrected chi connectivity index (χ0v) is 17.8. The van der Waals surface area contributed by atoms with Gasteiger partial charge >= 0.3 is 0 Å². The number of nitrogens with zero attached hydrogens (tertiary/aromatic N) is 1. The molecule has 2 saturated carbocycles. The summed E-state index contributed by atoms with van der Waals surface area (Å²) < 4.78 is 0. The second kappa shape index (κ2) is 7.91. The van der Waals surface area contributed by atoms with E-state index in [1.165, 1.54) is 81.2 Å². The van der Waals surface area contributed by atoms with E-state index in [0.717, 1.165) is 19.3 Å². The molecule has 1 N–H and O–H groups in total. The van der Waals surface area contributed by atoms with E-state index in [1.807, 2.05) is 0 Å². The SMILES string of the molecule is C=C1CCCC[C@@H](N2CCC3(CC[C@H](NC(=O)C4CC4)c4ccccc43)CC2)C1. The van der Waals surface area contributed by atoms with Crippen LogP contribution in [0, 0.1) is 5.92 Å². The van der Waals surface area contributed by atoms with Crippen LogP contribution in [0.2, 0.25) is 0 Å². The first kappa shape index (κ1) is 19.4. The maximum absolute atomic E-state index is 12.4. The number of carbonyl (C=O) groups excluding carboxylic acids is 1. The second-order valence-electron chi connectivity index (χ2n) is 10.1. The average molecular weight is 393 g/mol. The molecule has 1 aromatic rings. The van der Waals surface area contributed by atoms with Crippen LogP contribution in [0.1, 0.15) is 87.8 Å². The number of fused-ring (bicyclic) bond motifs is 2. The predicted octanol–water partition coefficient (Wildman–Crippen LogP) is 5.27. The van der Waals surface area contributed by atoms with Crippen LogP contribution in [0.15, 0.2) is 36.4 Å². The third-order valence-corrected chi connectivity index (χ3v) is 8.20. The number of benzene rings is 1. The Kier molecular flexibility index (Phi) is 5.28. The number of carbonyl (C=O) groups is 1. The van der Waals surface area contributed by atoms with Gasteiger partial charge in [-0.25, -0.2) is 0 Å². The lowest BCUT2D eigenvalue weighted by Gasteiger charge is -2.49. The molecule has 4 aliphatic rings. The number of amides is 1. The molecule has 2 atom stereocenters. The van der Waals surface area contributed by atoms with Crippen LogP contribution in [0.25, 0.3) is 0 Å². The Hall–Kier alpha value is -1.61. The van der Waals surface area contributed by atoms with Gasteiger partial charge in [-0.05, 0) is 93.8 Å². The summed E-state index contributed by atoms with van der Waals surface area (Å²) in [6.07, 6.45) is 13.4. The summed E-state index contributed by atoms with van der Waals surface area (Å²) in [4.78, 5) is 15.2. The fraction of sp³-hybridized carbons (Fsp3) is 0.654. The van der Waals surface area contributed by atoms with Crippen LogP contribution in [0.4, 0.5) is 0 Å². The van der Waals surface area contributed by atoms with Crippen molar-refractivity contribution in [2.75, 3.05) is 13.1 Å². The van der Waals surface area contributed by atoms with Crippen LogP contribution >= 0.6 is 0 Å². The van der Waals surface area contributed by atoms with E-state index in [4.69, 9.17) is 0 Å². The largest absolute Gasteiger partial charge is 0.349 e. The topological polar surface area (TPSA) is 32.3 Å². The average Bonchev–Trinajstić information content (AvgIpc) is 3.59. The van der Waals surface area contributed by atoms with Crippen LogP contribution in [0.5, 0.6) is 0 Å². The lowest BCUT2D eigenvalue weighted by atomic mass is 9.63. The molecular weight excluding hydrogens is 356 g/mol. The fourth-order valence-corrected chi connectivity index (χ4v) is 6.22. The van der Waals surface area contributed by atoms with Crippen molar-refractivity contribution >= 4 is 5.91 Å². The maximum atomic E-state index is 12.4. The van der Waals surface area contributed by atoms with E-state index in [9.17, 15) is 4.79 Å². The number of rotatable bonds is 3.